The predicted octanol–water partition coefficient (Wildman–Crippen LogP) is 3.06. The maximum absolute atomic E-state index is 6.11. The van der Waals surface area contributed by atoms with Crippen molar-refractivity contribution in [1.82, 2.24) is 0 Å². The number of nitrogens with two attached hydrogens (primary N) is 1. The van der Waals surface area contributed by atoms with E-state index in [1.807, 2.05) is 18.2 Å². The summed E-state index contributed by atoms with van der Waals surface area (Å²) in [5.74, 6) is 0.692. The molecular weight excluding hydrogens is 182 g/mol. The predicted molar refractivity (Wildman–Crippen MR) is 55.8 cm³/mol. The van der Waals surface area contributed by atoms with Gasteiger partial charge < -0.3 is 5.73 Å². The average Bonchev–Trinajstić information content (AvgIpc) is 2.91. The molecule has 0 amide bonds. The van der Waals surface area contributed by atoms with Crippen LogP contribution < -0.4 is 5.73 Å². The lowest BCUT2D eigenvalue weighted by atomic mass is 9.99. The maximum Gasteiger partial charge on any atom is 0.0409 e. The minimum Gasteiger partial charge on any atom is -0.324 e. The molecule has 0 aliphatic heterocycles. The molecule has 1 aliphatic carbocycles. The molecule has 0 saturated heterocycles. The van der Waals surface area contributed by atoms with Gasteiger partial charge in [-0.15, -0.1) is 0 Å². The van der Waals surface area contributed by atoms with Gasteiger partial charge in [-0.05, 0) is 48.9 Å². The zero-order chi connectivity index (χ0) is 9.42. The molecule has 0 heterocycles. The Morgan fingerprint density at radius 1 is 1.46 bits per heavy atom. The van der Waals surface area contributed by atoms with Crippen LogP contribution in [0.2, 0.25) is 5.02 Å². The highest BCUT2D eigenvalue weighted by Crippen LogP contribution is 2.40. The highest BCUT2D eigenvalue weighted by atomic mass is 35.5. The summed E-state index contributed by atoms with van der Waals surface area (Å²) in [5, 5.41) is 0.789. The average molecular weight is 196 g/mol. The van der Waals surface area contributed by atoms with Crippen LogP contribution in [0.3, 0.4) is 0 Å². The van der Waals surface area contributed by atoms with Crippen molar-refractivity contribution >= 4 is 11.6 Å². The van der Waals surface area contributed by atoms with Gasteiger partial charge in [0.2, 0.25) is 0 Å². The molecule has 0 radical (unpaired) electrons. The summed E-state index contributed by atoms with van der Waals surface area (Å²) in [6, 6.07) is 6.15. The first-order chi connectivity index (χ1) is 6.18. The van der Waals surface area contributed by atoms with Crippen LogP contribution in [-0.2, 0) is 0 Å². The molecule has 70 valence electrons. The van der Waals surface area contributed by atoms with Crippen molar-refractivity contribution in [3.63, 3.8) is 0 Å². The first kappa shape index (κ1) is 9.04. The molecule has 1 nitrogen and oxygen atoms in total. The Kier molecular flexibility index (Phi) is 2.31. The molecule has 1 saturated carbocycles. The van der Waals surface area contributed by atoms with Crippen LogP contribution >= 0.6 is 11.6 Å². The van der Waals surface area contributed by atoms with Gasteiger partial charge in [-0.25, -0.2) is 0 Å². The summed E-state index contributed by atoms with van der Waals surface area (Å²) in [4.78, 5) is 0. The number of hydrogen-bond donors (Lipinski definition) is 1. The highest BCUT2D eigenvalue weighted by Gasteiger charge is 2.30. The van der Waals surface area contributed by atoms with E-state index in [-0.39, 0.29) is 6.04 Å². The Morgan fingerprint density at radius 2 is 2.15 bits per heavy atom. The van der Waals surface area contributed by atoms with Crippen molar-refractivity contribution in [3.05, 3.63) is 34.3 Å². The third-order valence-electron chi connectivity index (χ3n) is 2.73. The molecular formula is C11H14ClN. The lowest BCUT2D eigenvalue weighted by molar-refractivity contribution is 0.630. The van der Waals surface area contributed by atoms with Crippen LogP contribution in [0.15, 0.2) is 18.2 Å². The van der Waals surface area contributed by atoms with Crippen molar-refractivity contribution < 1.29 is 0 Å². The van der Waals surface area contributed by atoms with Gasteiger partial charge >= 0.3 is 0 Å². The van der Waals surface area contributed by atoms with E-state index in [0.717, 1.165) is 5.02 Å². The van der Waals surface area contributed by atoms with Crippen LogP contribution in [0.4, 0.5) is 0 Å². The zero-order valence-corrected chi connectivity index (χ0v) is 8.51. The topological polar surface area (TPSA) is 26.0 Å². The second kappa shape index (κ2) is 3.32. The Bertz CT molecular complexity index is 318. The first-order valence-corrected chi connectivity index (χ1v) is 5.08. The smallest absolute Gasteiger partial charge is 0.0409 e. The van der Waals surface area contributed by atoms with Crippen molar-refractivity contribution in [2.75, 3.05) is 0 Å². The van der Waals surface area contributed by atoms with Gasteiger partial charge in [-0.1, -0.05) is 17.7 Å². The third kappa shape index (κ3) is 1.87. The van der Waals surface area contributed by atoms with Gasteiger partial charge in [0.1, 0.15) is 0 Å². The van der Waals surface area contributed by atoms with Gasteiger partial charge in [0.05, 0.1) is 0 Å². The van der Waals surface area contributed by atoms with Crippen molar-refractivity contribution in [3.8, 4) is 0 Å². The standard InChI is InChI=1S/C11H14ClN/c1-7-2-5-9(12)6-10(7)11(13)8-3-4-8/h2,5-6,8,11H,3-4,13H2,1H3/t11-/m1/s1. The highest BCUT2D eigenvalue weighted by molar-refractivity contribution is 6.30. The second-order valence-electron chi connectivity index (χ2n) is 3.86. The molecule has 1 aromatic carbocycles. The normalized spacial score (nSPS) is 18.7. The van der Waals surface area contributed by atoms with E-state index in [0.29, 0.717) is 5.92 Å². The fraction of sp³-hybridized carbons (Fsp3) is 0.455. The Labute approximate surface area is 83.9 Å². The number of benzene rings is 1. The maximum atomic E-state index is 6.11. The second-order valence-corrected chi connectivity index (χ2v) is 4.30. The lowest BCUT2D eigenvalue weighted by Gasteiger charge is -2.13. The Balaban J connectivity index is 2.31. The molecule has 2 N–H and O–H groups in total. The van der Waals surface area contributed by atoms with Gasteiger partial charge in [0, 0.05) is 11.1 Å². The molecule has 1 atom stereocenters. The van der Waals surface area contributed by atoms with Gasteiger partial charge in [-0.3, -0.25) is 0 Å². The van der Waals surface area contributed by atoms with E-state index in [1.54, 1.807) is 0 Å². The van der Waals surface area contributed by atoms with E-state index >= 15 is 0 Å². The van der Waals surface area contributed by atoms with Gasteiger partial charge in [0.25, 0.3) is 0 Å². The fourth-order valence-electron chi connectivity index (χ4n) is 1.68. The van der Waals surface area contributed by atoms with Crippen molar-refractivity contribution in [1.29, 1.82) is 0 Å². The molecule has 0 aromatic heterocycles. The molecule has 0 bridgehead atoms. The summed E-state index contributed by atoms with van der Waals surface area (Å²) < 4.78 is 0. The van der Waals surface area contributed by atoms with E-state index in [4.69, 9.17) is 17.3 Å². The van der Waals surface area contributed by atoms with Crippen LogP contribution in [0.25, 0.3) is 0 Å². The summed E-state index contributed by atoms with van der Waals surface area (Å²) in [5.41, 5.74) is 8.58. The molecule has 13 heavy (non-hydrogen) atoms. The van der Waals surface area contributed by atoms with E-state index in [1.165, 1.54) is 24.0 Å². The Hall–Kier alpha value is -0.530. The van der Waals surface area contributed by atoms with Crippen LogP contribution in [0.5, 0.6) is 0 Å². The largest absolute Gasteiger partial charge is 0.324 e. The molecule has 1 fully saturated rings. The number of hydrogen-bond acceptors (Lipinski definition) is 1. The Morgan fingerprint density at radius 3 is 2.77 bits per heavy atom. The summed E-state index contributed by atoms with van der Waals surface area (Å²) in [7, 11) is 0. The van der Waals surface area contributed by atoms with Crippen molar-refractivity contribution in [2.45, 2.75) is 25.8 Å². The minimum atomic E-state index is 0.193. The number of aryl methyl sites for hydroxylation is 1. The zero-order valence-electron chi connectivity index (χ0n) is 7.76. The van der Waals surface area contributed by atoms with Crippen molar-refractivity contribution in [2.24, 2.45) is 11.7 Å². The SMILES string of the molecule is Cc1ccc(Cl)cc1[C@H](N)C1CC1. The molecule has 1 aromatic rings. The molecule has 0 spiro atoms. The minimum absolute atomic E-state index is 0.193. The quantitative estimate of drug-likeness (QED) is 0.772. The molecule has 0 unspecified atom stereocenters. The molecule has 2 heteroatoms. The van der Waals surface area contributed by atoms with E-state index < -0.39 is 0 Å². The van der Waals surface area contributed by atoms with Gasteiger partial charge in [-0.2, -0.15) is 0 Å². The van der Waals surface area contributed by atoms with E-state index in [9.17, 15) is 0 Å². The first-order valence-electron chi connectivity index (χ1n) is 4.70. The van der Waals surface area contributed by atoms with Crippen LogP contribution in [-0.4, -0.2) is 0 Å². The fourth-order valence-corrected chi connectivity index (χ4v) is 1.86. The third-order valence-corrected chi connectivity index (χ3v) is 2.97. The summed E-state index contributed by atoms with van der Waals surface area (Å²) in [6.07, 6.45) is 2.54. The summed E-state index contributed by atoms with van der Waals surface area (Å²) in [6.45, 7) is 2.09. The lowest BCUT2D eigenvalue weighted by Crippen LogP contribution is -2.13. The molecule has 1 aliphatic rings. The van der Waals surface area contributed by atoms with Gasteiger partial charge in [0.15, 0.2) is 0 Å². The van der Waals surface area contributed by atoms with Crippen LogP contribution in [0.1, 0.15) is 30.0 Å². The van der Waals surface area contributed by atoms with Crippen LogP contribution in [0, 0.1) is 12.8 Å². The number of rotatable bonds is 2. The monoisotopic (exact) mass is 195 g/mol. The van der Waals surface area contributed by atoms with E-state index in [2.05, 4.69) is 6.92 Å². The molecule has 2 rings (SSSR count). The number of halogens is 1. The summed E-state index contributed by atoms with van der Waals surface area (Å²) >= 11 is 5.93.